The standard InChI is InChI=1S/C16H12O2/c17-11-5-10-16(18)14-8-3-1-6-12(14)13-7-2-4-9-15(13)16/h1-11,18H/b10-5+. The summed E-state index contributed by atoms with van der Waals surface area (Å²) < 4.78 is 0. The Labute approximate surface area is 105 Å². The highest BCUT2D eigenvalue weighted by Crippen LogP contribution is 2.47. The first kappa shape index (κ1) is 10.9. The van der Waals surface area contributed by atoms with Crippen molar-refractivity contribution in [3.63, 3.8) is 0 Å². The molecule has 0 bridgehead atoms. The molecular formula is C16H12O2. The minimum absolute atomic E-state index is 0.682. The summed E-state index contributed by atoms with van der Waals surface area (Å²) in [5.74, 6) is 0. The second kappa shape index (κ2) is 3.93. The molecule has 0 radical (unpaired) electrons. The third-order valence-corrected chi connectivity index (χ3v) is 3.38. The van der Waals surface area contributed by atoms with E-state index in [1.807, 2.05) is 48.5 Å². The van der Waals surface area contributed by atoms with Crippen LogP contribution in [0.3, 0.4) is 0 Å². The van der Waals surface area contributed by atoms with Gasteiger partial charge < -0.3 is 5.11 Å². The van der Waals surface area contributed by atoms with E-state index in [4.69, 9.17) is 0 Å². The van der Waals surface area contributed by atoms with Crippen molar-refractivity contribution < 1.29 is 9.90 Å². The van der Waals surface area contributed by atoms with Crippen molar-refractivity contribution in [2.45, 2.75) is 5.60 Å². The fourth-order valence-corrected chi connectivity index (χ4v) is 2.60. The highest BCUT2D eigenvalue weighted by molar-refractivity contribution is 5.81. The molecule has 1 aliphatic carbocycles. The van der Waals surface area contributed by atoms with Crippen LogP contribution in [-0.4, -0.2) is 11.4 Å². The van der Waals surface area contributed by atoms with Gasteiger partial charge in [-0.1, -0.05) is 48.5 Å². The molecule has 1 N–H and O–H groups in total. The van der Waals surface area contributed by atoms with Crippen LogP contribution in [0.15, 0.2) is 60.7 Å². The molecule has 2 nitrogen and oxygen atoms in total. The maximum absolute atomic E-state index is 10.9. The number of benzene rings is 2. The van der Waals surface area contributed by atoms with Crippen LogP contribution in [0.1, 0.15) is 11.1 Å². The van der Waals surface area contributed by atoms with Crippen molar-refractivity contribution in [2.75, 3.05) is 0 Å². The van der Waals surface area contributed by atoms with Crippen molar-refractivity contribution >= 4 is 6.29 Å². The third kappa shape index (κ3) is 1.36. The molecule has 2 aromatic carbocycles. The second-order valence-corrected chi connectivity index (χ2v) is 4.35. The van der Waals surface area contributed by atoms with Gasteiger partial charge in [0.05, 0.1) is 0 Å². The first-order valence-corrected chi connectivity index (χ1v) is 5.82. The number of hydrogen-bond donors (Lipinski definition) is 1. The molecule has 1 aliphatic rings. The van der Waals surface area contributed by atoms with E-state index in [2.05, 4.69) is 0 Å². The van der Waals surface area contributed by atoms with E-state index in [0.29, 0.717) is 6.29 Å². The second-order valence-electron chi connectivity index (χ2n) is 4.35. The minimum atomic E-state index is -1.20. The molecule has 0 saturated carbocycles. The van der Waals surface area contributed by atoms with Crippen LogP contribution in [-0.2, 0) is 10.4 Å². The fourth-order valence-electron chi connectivity index (χ4n) is 2.60. The van der Waals surface area contributed by atoms with Crippen LogP contribution in [0, 0.1) is 0 Å². The number of rotatable bonds is 2. The number of aldehydes is 1. The molecule has 0 amide bonds. The highest BCUT2D eigenvalue weighted by atomic mass is 16.3. The van der Waals surface area contributed by atoms with Crippen molar-refractivity contribution in [1.82, 2.24) is 0 Å². The molecule has 2 aromatic rings. The van der Waals surface area contributed by atoms with Gasteiger partial charge in [-0.25, -0.2) is 0 Å². The zero-order chi connectivity index (χ0) is 12.6. The first-order chi connectivity index (χ1) is 8.77. The van der Waals surface area contributed by atoms with Crippen LogP contribution in [0.5, 0.6) is 0 Å². The molecule has 0 aliphatic heterocycles. The highest BCUT2D eigenvalue weighted by Gasteiger charge is 2.38. The molecular weight excluding hydrogens is 224 g/mol. The molecule has 0 saturated heterocycles. The lowest BCUT2D eigenvalue weighted by Gasteiger charge is -2.21. The Morgan fingerprint density at radius 3 is 1.89 bits per heavy atom. The van der Waals surface area contributed by atoms with E-state index in [0.717, 1.165) is 22.3 Å². The Balaban J connectivity index is 2.33. The summed E-state index contributed by atoms with van der Waals surface area (Å²) in [4.78, 5) is 10.5. The zero-order valence-electron chi connectivity index (χ0n) is 9.71. The fraction of sp³-hybridized carbons (Fsp3) is 0.0625. The van der Waals surface area contributed by atoms with E-state index < -0.39 is 5.60 Å². The predicted octanol–water partition coefficient (Wildman–Crippen LogP) is 2.66. The molecule has 0 spiro atoms. The molecule has 18 heavy (non-hydrogen) atoms. The van der Waals surface area contributed by atoms with Crippen molar-refractivity contribution in [2.24, 2.45) is 0 Å². The molecule has 0 atom stereocenters. The molecule has 0 heterocycles. The molecule has 0 fully saturated rings. The predicted molar refractivity (Wildman–Crippen MR) is 70.1 cm³/mol. The maximum atomic E-state index is 10.9. The van der Waals surface area contributed by atoms with Gasteiger partial charge in [-0.2, -0.15) is 0 Å². The summed E-state index contributed by atoms with van der Waals surface area (Å²) in [7, 11) is 0. The molecule has 0 aromatic heterocycles. The number of carbonyl (C=O) groups excluding carboxylic acids is 1. The van der Waals surface area contributed by atoms with Crippen LogP contribution in [0.2, 0.25) is 0 Å². The third-order valence-electron chi connectivity index (χ3n) is 3.38. The lowest BCUT2D eigenvalue weighted by Crippen LogP contribution is -2.21. The normalized spacial score (nSPS) is 15.4. The number of allylic oxidation sites excluding steroid dienone is 1. The van der Waals surface area contributed by atoms with E-state index in [1.54, 1.807) is 6.08 Å². The number of carbonyl (C=O) groups is 1. The number of fused-ring (bicyclic) bond motifs is 3. The Hall–Kier alpha value is -2.19. The number of aliphatic hydroxyl groups is 1. The summed E-state index contributed by atoms with van der Waals surface area (Å²) in [5.41, 5.74) is 2.49. The summed E-state index contributed by atoms with van der Waals surface area (Å²) in [5, 5.41) is 10.9. The summed E-state index contributed by atoms with van der Waals surface area (Å²) >= 11 is 0. The van der Waals surface area contributed by atoms with Gasteiger partial charge >= 0.3 is 0 Å². The van der Waals surface area contributed by atoms with E-state index in [9.17, 15) is 9.90 Å². The van der Waals surface area contributed by atoms with Gasteiger partial charge in [0.2, 0.25) is 0 Å². The molecule has 2 heteroatoms. The first-order valence-electron chi connectivity index (χ1n) is 5.82. The van der Waals surface area contributed by atoms with Gasteiger partial charge in [0.1, 0.15) is 11.9 Å². The van der Waals surface area contributed by atoms with E-state index in [-0.39, 0.29) is 0 Å². The summed E-state index contributed by atoms with van der Waals surface area (Å²) in [6, 6.07) is 15.4. The topological polar surface area (TPSA) is 37.3 Å². The maximum Gasteiger partial charge on any atom is 0.142 e. The van der Waals surface area contributed by atoms with Crippen molar-refractivity contribution in [3.8, 4) is 11.1 Å². The van der Waals surface area contributed by atoms with Crippen LogP contribution < -0.4 is 0 Å². The van der Waals surface area contributed by atoms with E-state index >= 15 is 0 Å². The molecule has 3 rings (SSSR count). The van der Waals surface area contributed by atoms with Crippen molar-refractivity contribution in [1.29, 1.82) is 0 Å². The Morgan fingerprint density at radius 2 is 1.39 bits per heavy atom. The van der Waals surface area contributed by atoms with Gasteiger partial charge in [0.25, 0.3) is 0 Å². The van der Waals surface area contributed by atoms with Gasteiger partial charge in [-0.05, 0) is 34.4 Å². The van der Waals surface area contributed by atoms with Gasteiger partial charge in [-0.3, -0.25) is 4.79 Å². The van der Waals surface area contributed by atoms with Crippen LogP contribution in [0.4, 0.5) is 0 Å². The largest absolute Gasteiger partial charge is 0.377 e. The Morgan fingerprint density at radius 1 is 0.889 bits per heavy atom. The van der Waals surface area contributed by atoms with Crippen molar-refractivity contribution in [3.05, 3.63) is 71.8 Å². The number of hydrogen-bond acceptors (Lipinski definition) is 2. The average Bonchev–Trinajstić information content (AvgIpc) is 2.69. The van der Waals surface area contributed by atoms with Gasteiger partial charge in [0, 0.05) is 0 Å². The summed E-state index contributed by atoms with van der Waals surface area (Å²) in [6.45, 7) is 0. The zero-order valence-corrected chi connectivity index (χ0v) is 9.71. The van der Waals surface area contributed by atoms with Gasteiger partial charge in [0.15, 0.2) is 0 Å². The Bertz CT molecular complexity index is 596. The quantitative estimate of drug-likeness (QED) is 0.643. The molecule has 88 valence electrons. The lowest BCUT2D eigenvalue weighted by molar-refractivity contribution is -0.104. The Kier molecular flexibility index (Phi) is 2.39. The van der Waals surface area contributed by atoms with Gasteiger partial charge in [-0.15, -0.1) is 0 Å². The SMILES string of the molecule is O=C/C=C/C1(O)c2ccccc2-c2ccccc21. The summed E-state index contributed by atoms with van der Waals surface area (Å²) in [6.07, 6.45) is 3.57. The van der Waals surface area contributed by atoms with Crippen LogP contribution in [0.25, 0.3) is 11.1 Å². The molecule has 0 unspecified atom stereocenters. The van der Waals surface area contributed by atoms with Crippen LogP contribution >= 0.6 is 0 Å². The average molecular weight is 236 g/mol. The smallest absolute Gasteiger partial charge is 0.142 e. The lowest BCUT2D eigenvalue weighted by atomic mass is 9.91. The minimum Gasteiger partial charge on any atom is -0.377 e. The van der Waals surface area contributed by atoms with E-state index in [1.165, 1.54) is 6.08 Å². The monoisotopic (exact) mass is 236 g/mol.